The van der Waals surface area contributed by atoms with E-state index in [2.05, 4.69) is 15.6 Å². The van der Waals surface area contributed by atoms with Gasteiger partial charge in [-0.25, -0.2) is 14.4 Å². The lowest BCUT2D eigenvalue weighted by atomic mass is 9.98. The Balaban J connectivity index is 1.70. The molecule has 5 nitrogen and oxygen atoms in total. The summed E-state index contributed by atoms with van der Waals surface area (Å²) in [4.78, 5) is 13.6. The molecule has 0 spiro atoms. The first-order chi connectivity index (χ1) is 12.8. The summed E-state index contributed by atoms with van der Waals surface area (Å²) in [5.74, 6) is 1.57. The smallest absolute Gasteiger partial charge is 0.135 e. The lowest BCUT2D eigenvalue weighted by molar-refractivity contribution is 0.447. The second-order valence-electron chi connectivity index (χ2n) is 6.41. The zero-order valence-corrected chi connectivity index (χ0v) is 14.3. The fourth-order valence-corrected chi connectivity index (χ4v) is 3.14. The van der Waals surface area contributed by atoms with Crippen molar-refractivity contribution in [2.24, 2.45) is 0 Å². The number of nitrogens with zero attached hydrogens (tertiary/aromatic N) is 3. The number of nitrogens with one attached hydrogen (secondary N) is 2. The van der Waals surface area contributed by atoms with E-state index < -0.39 is 0 Å². The van der Waals surface area contributed by atoms with Crippen LogP contribution in [-0.2, 0) is 0 Å². The third-order valence-corrected chi connectivity index (χ3v) is 4.50. The van der Waals surface area contributed by atoms with E-state index in [1.54, 1.807) is 24.5 Å². The van der Waals surface area contributed by atoms with Crippen LogP contribution in [0.3, 0.4) is 0 Å². The Bertz CT molecular complexity index is 861. The predicted molar refractivity (Wildman–Crippen MR) is 99.8 cm³/mol. The summed E-state index contributed by atoms with van der Waals surface area (Å²) in [7, 11) is 0. The Morgan fingerprint density at radius 1 is 1.04 bits per heavy atom. The van der Waals surface area contributed by atoms with E-state index in [9.17, 15) is 4.39 Å². The van der Waals surface area contributed by atoms with Crippen molar-refractivity contribution in [2.45, 2.75) is 18.8 Å². The van der Waals surface area contributed by atoms with Crippen molar-refractivity contribution in [2.75, 3.05) is 18.4 Å². The first-order valence-corrected chi connectivity index (χ1v) is 8.80. The number of benzene rings is 1. The van der Waals surface area contributed by atoms with Crippen LogP contribution < -0.4 is 10.6 Å². The monoisotopic (exact) mass is 349 g/mol. The highest BCUT2D eigenvalue weighted by Gasteiger charge is 2.19. The number of piperidine rings is 1. The highest BCUT2D eigenvalue weighted by Crippen LogP contribution is 2.27. The maximum Gasteiger partial charge on any atom is 0.135 e. The van der Waals surface area contributed by atoms with E-state index in [1.807, 2.05) is 18.2 Å². The molecular formula is C20H20FN5. The molecule has 2 N–H and O–H groups in total. The Hall–Kier alpha value is -2.86. The van der Waals surface area contributed by atoms with E-state index in [0.717, 1.165) is 48.7 Å². The van der Waals surface area contributed by atoms with Crippen LogP contribution in [-0.4, -0.2) is 28.0 Å². The maximum atomic E-state index is 13.2. The number of rotatable bonds is 4. The molecular weight excluding hydrogens is 329 g/mol. The van der Waals surface area contributed by atoms with Crippen molar-refractivity contribution in [1.82, 2.24) is 20.3 Å². The van der Waals surface area contributed by atoms with E-state index in [-0.39, 0.29) is 5.82 Å². The quantitative estimate of drug-likeness (QED) is 0.748. The number of pyridine rings is 1. The zero-order valence-electron chi connectivity index (χ0n) is 14.3. The summed E-state index contributed by atoms with van der Waals surface area (Å²) in [5, 5.41) is 6.68. The fraction of sp³-hybridized carbons (Fsp3) is 0.250. The Kier molecular flexibility index (Phi) is 4.84. The van der Waals surface area contributed by atoms with Crippen molar-refractivity contribution in [1.29, 1.82) is 0 Å². The van der Waals surface area contributed by atoms with Gasteiger partial charge in [0, 0.05) is 42.2 Å². The van der Waals surface area contributed by atoms with Gasteiger partial charge in [0.1, 0.15) is 17.5 Å². The SMILES string of the molecule is Fc1ccc(Nc2cc(-c3ccncc3)nc(C3CCCNC3)n2)cc1. The Morgan fingerprint density at radius 2 is 1.85 bits per heavy atom. The first kappa shape index (κ1) is 16.6. The third-order valence-electron chi connectivity index (χ3n) is 4.50. The fourth-order valence-electron chi connectivity index (χ4n) is 3.14. The summed E-state index contributed by atoms with van der Waals surface area (Å²) in [6, 6.07) is 12.0. The molecule has 0 saturated carbocycles. The summed E-state index contributed by atoms with van der Waals surface area (Å²) < 4.78 is 13.2. The average molecular weight is 349 g/mol. The Morgan fingerprint density at radius 3 is 2.58 bits per heavy atom. The number of halogens is 1. The molecule has 0 bridgehead atoms. The van der Waals surface area contributed by atoms with Crippen LogP contribution in [0.15, 0.2) is 54.9 Å². The molecule has 6 heteroatoms. The lowest BCUT2D eigenvalue weighted by Gasteiger charge is -2.22. The number of hydrogen-bond donors (Lipinski definition) is 2. The topological polar surface area (TPSA) is 62.7 Å². The minimum atomic E-state index is -0.260. The summed E-state index contributed by atoms with van der Waals surface area (Å²) in [6.45, 7) is 1.93. The van der Waals surface area contributed by atoms with Gasteiger partial charge in [-0.2, -0.15) is 0 Å². The van der Waals surface area contributed by atoms with Gasteiger partial charge in [0.2, 0.25) is 0 Å². The van der Waals surface area contributed by atoms with Gasteiger partial charge in [-0.15, -0.1) is 0 Å². The Labute approximate surface area is 151 Å². The van der Waals surface area contributed by atoms with Gasteiger partial charge in [-0.1, -0.05) is 0 Å². The molecule has 2 aromatic heterocycles. The third kappa shape index (κ3) is 3.86. The molecule has 0 aliphatic carbocycles. The molecule has 1 aromatic carbocycles. The molecule has 1 atom stereocenters. The standard InChI is InChI=1S/C20H20FN5/c21-16-3-5-17(6-4-16)24-19-12-18(14-7-10-22-11-8-14)25-20(26-19)15-2-1-9-23-13-15/h3-8,10-12,15,23H,1-2,9,13H2,(H,24,25,26). The van der Waals surface area contributed by atoms with Crippen molar-refractivity contribution in [3.8, 4) is 11.3 Å². The lowest BCUT2D eigenvalue weighted by Crippen LogP contribution is -2.29. The normalized spacial score (nSPS) is 17.0. The molecule has 132 valence electrons. The molecule has 3 aromatic rings. The molecule has 26 heavy (non-hydrogen) atoms. The molecule has 0 amide bonds. The van der Waals surface area contributed by atoms with Crippen LogP contribution in [0.1, 0.15) is 24.6 Å². The van der Waals surface area contributed by atoms with Gasteiger partial charge in [0.15, 0.2) is 0 Å². The zero-order chi connectivity index (χ0) is 17.8. The van der Waals surface area contributed by atoms with Gasteiger partial charge < -0.3 is 10.6 Å². The number of aromatic nitrogens is 3. The van der Waals surface area contributed by atoms with Crippen LogP contribution >= 0.6 is 0 Å². The molecule has 1 fully saturated rings. The summed E-state index contributed by atoms with van der Waals surface area (Å²) >= 11 is 0. The van der Waals surface area contributed by atoms with Crippen molar-refractivity contribution >= 4 is 11.5 Å². The highest BCUT2D eigenvalue weighted by atomic mass is 19.1. The van der Waals surface area contributed by atoms with Crippen molar-refractivity contribution < 1.29 is 4.39 Å². The maximum absolute atomic E-state index is 13.2. The molecule has 1 aliphatic heterocycles. The largest absolute Gasteiger partial charge is 0.340 e. The van der Waals surface area contributed by atoms with Gasteiger partial charge in [-0.3, -0.25) is 4.98 Å². The van der Waals surface area contributed by atoms with Gasteiger partial charge in [0.25, 0.3) is 0 Å². The van der Waals surface area contributed by atoms with Gasteiger partial charge >= 0.3 is 0 Å². The minimum absolute atomic E-state index is 0.260. The van der Waals surface area contributed by atoms with Gasteiger partial charge in [-0.05, 0) is 55.8 Å². The van der Waals surface area contributed by atoms with E-state index in [1.165, 1.54) is 12.1 Å². The average Bonchev–Trinajstić information content (AvgIpc) is 2.71. The van der Waals surface area contributed by atoms with Crippen molar-refractivity contribution in [3.63, 3.8) is 0 Å². The minimum Gasteiger partial charge on any atom is -0.340 e. The van der Waals surface area contributed by atoms with Crippen LogP contribution in [0.5, 0.6) is 0 Å². The van der Waals surface area contributed by atoms with E-state index >= 15 is 0 Å². The van der Waals surface area contributed by atoms with Crippen molar-refractivity contribution in [3.05, 3.63) is 66.5 Å². The molecule has 1 unspecified atom stereocenters. The second kappa shape index (κ2) is 7.58. The summed E-state index contributed by atoms with van der Waals surface area (Å²) in [5.41, 5.74) is 2.64. The summed E-state index contributed by atoms with van der Waals surface area (Å²) in [6.07, 6.45) is 5.70. The molecule has 3 heterocycles. The molecule has 1 aliphatic rings. The molecule has 4 rings (SSSR count). The van der Waals surface area contributed by atoms with E-state index in [0.29, 0.717) is 11.7 Å². The number of anilines is 2. The highest BCUT2D eigenvalue weighted by molar-refractivity contribution is 5.65. The number of hydrogen-bond acceptors (Lipinski definition) is 5. The second-order valence-corrected chi connectivity index (χ2v) is 6.41. The molecule has 0 radical (unpaired) electrons. The first-order valence-electron chi connectivity index (χ1n) is 8.80. The van der Waals surface area contributed by atoms with Crippen LogP contribution in [0.2, 0.25) is 0 Å². The van der Waals surface area contributed by atoms with Crippen LogP contribution in [0.25, 0.3) is 11.3 Å². The van der Waals surface area contributed by atoms with E-state index in [4.69, 9.17) is 9.97 Å². The van der Waals surface area contributed by atoms with Crippen LogP contribution in [0, 0.1) is 5.82 Å². The molecule has 1 saturated heterocycles. The van der Waals surface area contributed by atoms with Crippen LogP contribution in [0.4, 0.5) is 15.9 Å². The predicted octanol–water partition coefficient (Wildman–Crippen LogP) is 3.89. The van der Waals surface area contributed by atoms with Gasteiger partial charge in [0.05, 0.1) is 5.69 Å².